The number of hydrogen-bond acceptors (Lipinski definition) is 5. The SMILES string of the molecule is N#Cc1cccnc1N1CCC(CNC(=O)C(=O)Nc2ccc(F)cc2F)CC1. The summed E-state index contributed by atoms with van der Waals surface area (Å²) in [5, 5.41) is 13.9. The van der Waals surface area contributed by atoms with Crippen molar-refractivity contribution in [3.8, 4) is 6.07 Å². The van der Waals surface area contributed by atoms with Gasteiger partial charge in [0.2, 0.25) is 0 Å². The third-order valence-corrected chi connectivity index (χ3v) is 4.76. The highest BCUT2D eigenvalue weighted by Crippen LogP contribution is 2.23. The molecule has 3 rings (SSSR count). The number of carbonyl (C=O) groups is 2. The number of nitrogens with zero attached hydrogens (tertiary/aromatic N) is 3. The summed E-state index contributed by atoms with van der Waals surface area (Å²) in [6, 6.07) is 8.24. The molecule has 2 aromatic rings. The van der Waals surface area contributed by atoms with E-state index in [1.54, 1.807) is 18.3 Å². The van der Waals surface area contributed by atoms with Crippen molar-refractivity contribution in [1.29, 1.82) is 5.26 Å². The minimum Gasteiger partial charge on any atom is -0.356 e. The van der Waals surface area contributed by atoms with Gasteiger partial charge in [-0.3, -0.25) is 9.59 Å². The van der Waals surface area contributed by atoms with Crippen LogP contribution in [0.4, 0.5) is 20.3 Å². The van der Waals surface area contributed by atoms with Gasteiger partial charge in [0.05, 0.1) is 11.3 Å². The van der Waals surface area contributed by atoms with Crippen LogP contribution in [0.15, 0.2) is 36.5 Å². The van der Waals surface area contributed by atoms with Gasteiger partial charge in [-0.2, -0.15) is 5.26 Å². The molecule has 0 spiro atoms. The molecule has 0 aliphatic carbocycles. The summed E-state index contributed by atoms with van der Waals surface area (Å²) in [6.07, 6.45) is 3.16. The van der Waals surface area contributed by atoms with Crippen LogP contribution in [0.5, 0.6) is 0 Å². The first-order valence-corrected chi connectivity index (χ1v) is 9.12. The highest BCUT2D eigenvalue weighted by atomic mass is 19.1. The van der Waals surface area contributed by atoms with E-state index in [0.717, 1.165) is 25.0 Å². The number of benzene rings is 1. The lowest BCUT2D eigenvalue weighted by Crippen LogP contribution is -2.42. The molecular weight excluding hydrogens is 380 g/mol. The standard InChI is InChI=1S/C20H19F2N5O2/c21-15-3-4-17(16(22)10-15)26-20(29)19(28)25-12-13-5-8-27(9-6-13)18-14(11-23)2-1-7-24-18/h1-4,7,10,13H,5-6,8-9,12H2,(H,25,28)(H,26,29). The number of aromatic nitrogens is 1. The average Bonchev–Trinajstić information content (AvgIpc) is 2.74. The highest BCUT2D eigenvalue weighted by Gasteiger charge is 2.23. The minimum absolute atomic E-state index is 0.166. The third-order valence-electron chi connectivity index (χ3n) is 4.76. The van der Waals surface area contributed by atoms with Gasteiger partial charge < -0.3 is 15.5 Å². The molecule has 2 N–H and O–H groups in total. The molecule has 0 saturated carbocycles. The zero-order valence-electron chi connectivity index (χ0n) is 15.5. The summed E-state index contributed by atoms with van der Waals surface area (Å²) in [4.78, 5) is 30.2. The van der Waals surface area contributed by atoms with Crippen LogP contribution in [0, 0.1) is 28.9 Å². The molecule has 1 fully saturated rings. The number of carbonyl (C=O) groups excluding carboxylic acids is 2. The topological polar surface area (TPSA) is 98.1 Å². The molecule has 150 valence electrons. The number of nitrogens with one attached hydrogen (secondary N) is 2. The normalized spacial score (nSPS) is 14.2. The molecule has 1 aromatic heterocycles. The molecule has 7 nitrogen and oxygen atoms in total. The Labute approximate surface area is 166 Å². The number of rotatable bonds is 4. The summed E-state index contributed by atoms with van der Waals surface area (Å²) >= 11 is 0. The Morgan fingerprint density at radius 3 is 2.66 bits per heavy atom. The summed E-state index contributed by atoms with van der Waals surface area (Å²) in [5.74, 6) is -2.81. The maximum absolute atomic E-state index is 13.6. The van der Waals surface area contributed by atoms with Gasteiger partial charge in [0.15, 0.2) is 0 Å². The van der Waals surface area contributed by atoms with Gasteiger partial charge in [-0.05, 0) is 43.0 Å². The molecule has 1 saturated heterocycles. The first kappa shape index (κ1) is 20.2. The molecule has 1 aliphatic rings. The van der Waals surface area contributed by atoms with Crippen molar-refractivity contribution < 1.29 is 18.4 Å². The van der Waals surface area contributed by atoms with Crippen LogP contribution in [0.1, 0.15) is 18.4 Å². The average molecular weight is 399 g/mol. The summed E-state index contributed by atoms with van der Waals surface area (Å²) < 4.78 is 26.5. The monoisotopic (exact) mass is 399 g/mol. The van der Waals surface area contributed by atoms with Gasteiger partial charge in [-0.15, -0.1) is 0 Å². The van der Waals surface area contributed by atoms with E-state index in [0.29, 0.717) is 37.1 Å². The van der Waals surface area contributed by atoms with Gasteiger partial charge >= 0.3 is 11.8 Å². The predicted octanol–water partition coefficient (Wildman–Crippen LogP) is 2.20. The van der Waals surface area contributed by atoms with Crippen LogP contribution in [-0.2, 0) is 9.59 Å². The van der Waals surface area contributed by atoms with E-state index in [4.69, 9.17) is 0 Å². The molecule has 1 aromatic carbocycles. The second-order valence-electron chi connectivity index (χ2n) is 6.71. The number of halogens is 2. The van der Waals surface area contributed by atoms with Gasteiger partial charge in [0.1, 0.15) is 23.5 Å². The van der Waals surface area contributed by atoms with Crippen LogP contribution >= 0.6 is 0 Å². The molecule has 0 bridgehead atoms. The van der Waals surface area contributed by atoms with Gasteiger partial charge in [-0.25, -0.2) is 13.8 Å². The Kier molecular flexibility index (Phi) is 6.34. The second-order valence-corrected chi connectivity index (χ2v) is 6.71. The second kappa shape index (κ2) is 9.10. The zero-order chi connectivity index (χ0) is 20.8. The molecule has 0 radical (unpaired) electrons. The molecule has 2 amide bonds. The fraction of sp³-hybridized carbons (Fsp3) is 0.300. The molecular formula is C20H19F2N5O2. The number of amides is 2. The van der Waals surface area contributed by atoms with Crippen molar-refractivity contribution in [3.05, 3.63) is 53.7 Å². The van der Waals surface area contributed by atoms with Crippen molar-refractivity contribution >= 4 is 23.3 Å². The molecule has 9 heteroatoms. The summed E-state index contributed by atoms with van der Waals surface area (Å²) in [6.45, 7) is 1.66. The van der Waals surface area contributed by atoms with E-state index in [9.17, 15) is 23.6 Å². The van der Waals surface area contributed by atoms with Gasteiger partial charge in [0, 0.05) is 31.9 Å². The number of anilines is 2. The maximum Gasteiger partial charge on any atom is 0.313 e. The van der Waals surface area contributed by atoms with Crippen LogP contribution in [0.2, 0.25) is 0 Å². The Hall–Kier alpha value is -3.54. The highest BCUT2D eigenvalue weighted by molar-refractivity contribution is 6.39. The van der Waals surface area contributed by atoms with Gasteiger partial charge in [0.25, 0.3) is 0 Å². The number of hydrogen-bond donors (Lipinski definition) is 2. The Morgan fingerprint density at radius 2 is 1.97 bits per heavy atom. The summed E-state index contributed by atoms with van der Waals surface area (Å²) in [5.41, 5.74) is 0.257. The van der Waals surface area contributed by atoms with E-state index >= 15 is 0 Å². The maximum atomic E-state index is 13.6. The molecule has 2 heterocycles. The van der Waals surface area contributed by atoms with Crippen LogP contribution in [-0.4, -0.2) is 36.4 Å². The lowest BCUT2D eigenvalue weighted by atomic mass is 9.96. The van der Waals surface area contributed by atoms with Crippen LogP contribution in [0.3, 0.4) is 0 Å². The van der Waals surface area contributed by atoms with Crippen molar-refractivity contribution in [1.82, 2.24) is 10.3 Å². The van der Waals surface area contributed by atoms with E-state index in [-0.39, 0.29) is 11.6 Å². The van der Waals surface area contributed by atoms with Crippen molar-refractivity contribution in [2.24, 2.45) is 5.92 Å². The van der Waals surface area contributed by atoms with Crippen molar-refractivity contribution in [3.63, 3.8) is 0 Å². The van der Waals surface area contributed by atoms with Crippen LogP contribution < -0.4 is 15.5 Å². The Bertz CT molecular complexity index is 952. The number of nitriles is 1. The zero-order valence-corrected chi connectivity index (χ0v) is 15.5. The predicted molar refractivity (Wildman–Crippen MR) is 102 cm³/mol. The van der Waals surface area contributed by atoms with Crippen LogP contribution in [0.25, 0.3) is 0 Å². The summed E-state index contributed by atoms with van der Waals surface area (Å²) in [7, 11) is 0. The van der Waals surface area contributed by atoms with Gasteiger partial charge in [-0.1, -0.05) is 0 Å². The number of pyridine rings is 1. The molecule has 1 aliphatic heterocycles. The van der Waals surface area contributed by atoms with E-state index in [2.05, 4.69) is 21.7 Å². The fourth-order valence-corrected chi connectivity index (χ4v) is 3.17. The largest absolute Gasteiger partial charge is 0.356 e. The minimum atomic E-state index is -1.01. The third kappa shape index (κ3) is 5.04. The Balaban J connectivity index is 1.47. The smallest absolute Gasteiger partial charge is 0.313 e. The van der Waals surface area contributed by atoms with E-state index < -0.39 is 23.4 Å². The molecule has 29 heavy (non-hydrogen) atoms. The lowest BCUT2D eigenvalue weighted by molar-refractivity contribution is -0.136. The van der Waals surface area contributed by atoms with E-state index in [1.807, 2.05) is 4.90 Å². The van der Waals surface area contributed by atoms with Crippen molar-refractivity contribution in [2.45, 2.75) is 12.8 Å². The lowest BCUT2D eigenvalue weighted by Gasteiger charge is -2.33. The first-order chi connectivity index (χ1) is 14.0. The fourth-order valence-electron chi connectivity index (χ4n) is 3.17. The Morgan fingerprint density at radius 1 is 1.21 bits per heavy atom. The van der Waals surface area contributed by atoms with E-state index in [1.165, 1.54) is 0 Å². The molecule has 0 unspecified atom stereocenters. The van der Waals surface area contributed by atoms with Crippen molar-refractivity contribution in [2.75, 3.05) is 29.9 Å². The quantitative estimate of drug-likeness (QED) is 0.768. The first-order valence-electron chi connectivity index (χ1n) is 9.12. The molecule has 0 atom stereocenters. The number of piperidine rings is 1.